The predicted molar refractivity (Wildman–Crippen MR) is 116 cm³/mol. The van der Waals surface area contributed by atoms with Gasteiger partial charge in [-0.15, -0.1) is 0 Å². The third-order valence-electron chi connectivity index (χ3n) is 4.31. The van der Waals surface area contributed by atoms with Crippen LogP contribution in [0.2, 0.25) is 10.0 Å². The van der Waals surface area contributed by atoms with Gasteiger partial charge in [-0.1, -0.05) is 62.7 Å². The molecule has 156 valence electrons. The van der Waals surface area contributed by atoms with Crippen molar-refractivity contribution in [2.24, 2.45) is 0 Å². The van der Waals surface area contributed by atoms with Crippen molar-refractivity contribution in [3.8, 4) is 23.0 Å². The monoisotopic (exact) mass is 428 g/mol. The Hall–Kier alpha value is -1.78. The fourth-order valence-electron chi connectivity index (χ4n) is 2.81. The van der Waals surface area contributed by atoms with E-state index in [1.165, 1.54) is 18.9 Å². The van der Waals surface area contributed by atoms with E-state index < -0.39 is 0 Å². The Morgan fingerprint density at radius 3 is 1.57 bits per heavy atom. The second-order valence-electron chi connectivity index (χ2n) is 6.79. The fraction of sp³-hybridized carbons (Fsp3) is 0.455. The molecule has 28 heavy (non-hydrogen) atoms. The SMILES string of the molecule is CCCCCc1c(Cl)c(O)cc(O)c1Cl.CCCCCc1cc(O)cc(O)c1. The summed E-state index contributed by atoms with van der Waals surface area (Å²) in [4.78, 5) is 0. The number of phenols is 4. The lowest BCUT2D eigenvalue weighted by molar-refractivity contribution is 0.448. The zero-order chi connectivity index (χ0) is 21.1. The molecular formula is C22H30Cl2O4. The van der Waals surface area contributed by atoms with E-state index in [1.807, 2.05) is 0 Å². The lowest BCUT2D eigenvalue weighted by Gasteiger charge is -2.09. The van der Waals surface area contributed by atoms with Crippen LogP contribution in [-0.2, 0) is 12.8 Å². The van der Waals surface area contributed by atoms with Gasteiger partial charge in [0.05, 0.1) is 10.0 Å². The molecule has 4 nitrogen and oxygen atoms in total. The smallest absolute Gasteiger partial charge is 0.138 e. The molecule has 0 aliphatic carbocycles. The highest BCUT2D eigenvalue weighted by Crippen LogP contribution is 2.39. The van der Waals surface area contributed by atoms with Gasteiger partial charge < -0.3 is 20.4 Å². The van der Waals surface area contributed by atoms with E-state index in [2.05, 4.69) is 13.8 Å². The normalized spacial score (nSPS) is 10.4. The average Bonchev–Trinajstić information content (AvgIpc) is 2.63. The molecule has 2 aromatic carbocycles. The molecule has 2 aromatic rings. The van der Waals surface area contributed by atoms with Crippen LogP contribution in [0.15, 0.2) is 24.3 Å². The number of benzene rings is 2. The van der Waals surface area contributed by atoms with Crippen molar-refractivity contribution >= 4 is 23.2 Å². The van der Waals surface area contributed by atoms with Gasteiger partial charge in [0, 0.05) is 12.1 Å². The Morgan fingerprint density at radius 2 is 1.11 bits per heavy atom. The van der Waals surface area contributed by atoms with Crippen LogP contribution in [0.3, 0.4) is 0 Å². The largest absolute Gasteiger partial charge is 0.508 e. The molecule has 0 heterocycles. The van der Waals surface area contributed by atoms with E-state index in [-0.39, 0.29) is 33.0 Å². The Bertz CT molecular complexity index is 701. The molecule has 0 saturated heterocycles. The fourth-order valence-corrected chi connectivity index (χ4v) is 3.35. The van der Waals surface area contributed by atoms with Crippen LogP contribution in [0.4, 0.5) is 0 Å². The number of hydrogen-bond acceptors (Lipinski definition) is 4. The van der Waals surface area contributed by atoms with Gasteiger partial charge in [0.1, 0.15) is 23.0 Å². The number of hydrogen-bond donors (Lipinski definition) is 4. The van der Waals surface area contributed by atoms with Crippen LogP contribution in [-0.4, -0.2) is 20.4 Å². The molecule has 0 atom stereocenters. The summed E-state index contributed by atoms with van der Waals surface area (Å²) in [5, 5.41) is 37.7. The van der Waals surface area contributed by atoms with Crippen LogP contribution in [0.25, 0.3) is 0 Å². The molecule has 0 saturated carbocycles. The number of halogens is 2. The summed E-state index contributed by atoms with van der Waals surface area (Å²) in [7, 11) is 0. The zero-order valence-electron chi connectivity index (χ0n) is 16.5. The molecule has 0 aliphatic heterocycles. The summed E-state index contributed by atoms with van der Waals surface area (Å²) in [6.45, 7) is 4.25. The van der Waals surface area contributed by atoms with Crippen molar-refractivity contribution in [3.63, 3.8) is 0 Å². The molecule has 0 aliphatic rings. The Kier molecular flexibility index (Phi) is 10.9. The number of aryl methyl sites for hydroxylation is 1. The topological polar surface area (TPSA) is 80.9 Å². The van der Waals surface area contributed by atoms with Crippen molar-refractivity contribution in [2.75, 3.05) is 0 Å². The lowest BCUT2D eigenvalue weighted by atomic mass is 10.1. The van der Waals surface area contributed by atoms with Crippen LogP contribution in [0.5, 0.6) is 23.0 Å². The maximum Gasteiger partial charge on any atom is 0.138 e. The van der Waals surface area contributed by atoms with E-state index in [0.717, 1.165) is 43.7 Å². The maximum absolute atomic E-state index is 9.41. The summed E-state index contributed by atoms with van der Waals surface area (Å²) < 4.78 is 0. The maximum atomic E-state index is 9.41. The van der Waals surface area contributed by atoms with E-state index in [9.17, 15) is 20.4 Å². The van der Waals surface area contributed by atoms with Gasteiger partial charge in [-0.25, -0.2) is 0 Å². The number of rotatable bonds is 8. The number of unbranched alkanes of at least 4 members (excludes halogenated alkanes) is 4. The molecule has 4 N–H and O–H groups in total. The molecule has 0 unspecified atom stereocenters. The lowest BCUT2D eigenvalue weighted by Crippen LogP contribution is -1.90. The second-order valence-corrected chi connectivity index (χ2v) is 7.55. The Balaban J connectivity index is 0.000000283. The van der Waals surface area contributed by atoms with Crippen LogP contribution >= 0.6 is 23.2 Å². The van der Waals surface area contributed by atoms with Crippen molar-refractivity contribution < 1.29 is 20.4 Å². The molecule has 0 bridgehead atoms. The van der Waals surface area contributed by atoms with Crippen molar-refractivity contribution in [1.29, 1.82) is 0 Å². The van der Waals surface area contributed by atoms with Crippen LogP contribution in [0.1, 0.15) is 63.5 Å². The summed E-state index contributed by atoms with van der Waals surface area (Å²) in [6, 6.07) is 5.92. The van der Waals surface area contributed by atoms with Gasteiger partial charge >= 0.3 is 0 Å². The average molecular weight is 429 g/mol. The van der Waals surface area contributed by atoms with E-state index in [1.54, 1.807) is 12.1 Å². The highest BCUT2D eigenvalue weighted by Gasteiger charge is 2.14. The summed E-state index contributed by atoms with van der Waals surface area (Å²) >= 11 is 11.8. The number of phenolic OH excluding ortho intramolecular Hbond substituents is 4. The molecule has 6 heteroatoms. The minimum Gasteiger partial charge on any atom is -0.508 e. The van der Waals surface area contributed by atoms with E-state index in [0.29, 0.717) is 12.0 Å². The molecule has 0 radical (unpaired) electrons. The third-order valence-corrected chi connectivity index (χ3v) is 5.16. The zero-order valence-corrected chi connectivity index (χ0v) is 18.0. The third kappa shape index (κ3) is 8.07. The first kappa shape index (κ1) is 24.3. The number of aromatic hydroxyl groups is 4. The Morgan fingerprint density at radius 1 is 0.643 bits per heavy atom. The highest BCUT2D eigenvalue weighted by atomic mass is 35.5. The summed E-state index contributed by atoms with van der Waals surface area (Å²) in [5.74, 6) is 0.0492. The summed E-state index contributed by atoms with van der Waals surface area (Å²) in [6.07, 6.45) is 8.20. The predicted octanol–water partition coefficient (Wildman–Crippen LogP) is 6.97. The van der Waals surface area contributed by atoms with E-state index in [4.69, 9.17) is 23.2 Å². The van der Waals surface area contributed by atoms with E-state index >= 15 is 0 Å². The van der Waals surface area contributed by atoms with Crippen molar-refractivity contribution in [1.82, 2.24) is 0 Å². The first-order chi connectivity index (χ1) is 13.3. The first-order valence-electron chi connectivity index (χ1n) is 9.70. The van der Waals surface area contributed by atoms with Gasteiger partial charge in [0.15, 0.2) is 0 Å². The van der Waals surface area contributed by atoms with Gasteiger partial charge in [-0.05, 0) is 48.9 Å². The van der Waals surface area contributed by atoms with Gasteiger partial charge in [-0.3, -0.25) is 0 Å². The van der Waals surface area contributed by atoms with Gasteiger partial charge in [0.25, 0.3) is 0 Å². The standard InChI is InChI=1S/C11H14Cl2O2.C11H16O2/c1-2-3-4-5-7-10(12)8(14)6-9(15)11(7)13;1-2-3-4-5-9-6-10(12)8-11(13)7-9/h6,14-15H,2-5H2,1H3;6-8,12-13H,2-5H2,1H3. The molecule has 2 rings (SSSR count). The highest BCUT2D eigenvalue weighted by molar-refractivity contribution is 6.37. The van der Waals surface area contributed by atoms with Crippen molar-refractivity contribution in [2.45, 2.75) is 65.2 Å². The Labute approximate surface area is 177 Å². The molecule has 0 fully saturated rings. The van der Waals surface area contributed by atoms with Gasteiger partial charge in [0.2, 0.25) is 0 Å². The molecule has 0 spiro atoms. The van der Waals surface area contributed by atoms with Gasteiger partial charge in [-0.2, -0.15) is 0 Å². The first-order valence-corrected chi connectivity index (χ1v) is 10.5. The second kappa shape index (κ2) is 12.6. The molecule has 0 amide bonds. The minimum absolute atomic E-state index is 0.120. The quantitative estimate of drug-likeness (QED) is 0.342. The van der Waals surface area contributed by atoms with Crippen LogP contribution < -0.4 is 0 Å². The minimum atomic E-state index is -0.120. The van der Waals surface area contributed by atoms with Crippen LogP contribution in [0, 0.1) is 0 Å². The molecular weight excluding hydrogens is 399 g/mol. The van der Waals surface area contributed by atoms with Crippen molar-refractivity contribution in [3.05, 3.63) is 45.4 Å². The molecule has 0 aromatic heterocycles. The summed E-state index contributed by atoms with van der Waals surface area (Å²) in [5.41, 5.74) is 1.63.